The minimum atomic E-state index is 0.175. The Morgan fingerprint density at radius 1 is 1.62 bits per heavy atom. The van der Waals surface area contributed by atoms with Gasteiger partial charge < -0.3 is 4.42 Å². The van der Waals surface area contributed by atoms with Crippen LogP contribution < -0.4 is 0 Å². The number of rotatable bonds is 0. The molecular weight excluding hydrogens is 234 g/mol. The molecular formula is C9H10BrNO2. The van der Waals surface area contributed by atoms with Crippen LogP contribution in [0.4, 0.5) is 0 Å². The molecule has 1 aromatic rings. The molecule has 0 fully saturated rings. The summed E-state index contributed by atoms with van der Waals surface area (Å²) in [5.41, 5.74) is 0.733. The fourth-order valence-electron chi connectivity index (χ4n) is 1.50. The number of carbonyl (C=O) groups excluding carboxylic acids is 1. The molecule has 1 aliphatic heterocycles. The van der Waals surface area contributed by atoms with Gasteiger partial charge in [0.1, 0.15) is 5.76 Å². The number of furan rings is 1. The van der Waals surface area contributed by atoms with Gasteiger partial charge in [0.2, 0.25) is 0 Å². The van der Waals surface area contributed by atoms with Crippen LogP contribution in [-0.2, 0) is 6.54 Å². The Morgan fingerprint density at radius 3 is 3.15 bits per heavy atom. The summed E-state index contributed by atoms with van der Waals surface area (Å²) in [6, 6.07) is 1.76. The van der Waals surface area contributed by atoms with E-state index in [2.05, 4.69) is 20.8 Å². The highest BCUT2D eigenvalue weighted by Gasteiger charge is 2.21. The average Bonchev–Trinajstić information content (AvgIpc) is 2.37. The summed E-state index contributed by atoms with van der Waals surface area (Å²) in [6.45, 7) is 1.52. The number of Topliss-reactive ketones (excluding diaryl/α,β-unsaturated/α-hetero) is 1. The largest absolute Gasteiger partial charge is 0.452 e. The summed E-state index contributed by atoms with van der Waals surface area (Å²) in [6.07, 6.45) is 0.579. The van der Waals surface area contributed by atoms with E-state index >= 15 is 0 Å². The molecule has 0 atom stereocenters. The number of halogens is 1. The monoisotopic (exact) mass is 243 g/mol. The third kappa shape index (κ3) is 1.69. The van der Waals surface area contributed by atoms with Crippen LogP contribution in [0.2, 0.25) is 0 Å². The molecule has 2 heterocycles. The van der Waals surface area contributed by atoms with Crippen LogP contribution in [-0.4, -0.2) is 24.3 Å². The van der Waals surface area contributed by atoms with E-state index in [9.17, 15) is 4.79 Å². The molecule has 0 spiro atoms. The highest BCUT2D eigenvalue weighted by Crippen LogP contribution is 2.24. The standard InChI is InChI=1S/C9H10BrNO2/c1-11-3-2-7(12)6-4-9(10)13-8(6)5-11/h4H,2-3,5H2,1H3. The van der Waals surface area contributed by atoms with Crippen molar-refractivity contribution in [3.05, 3.63) is 22.1 Å². The van der Waals surface area contributed by atoms with Crippen molar-refractivity contribution in [2.24, 2.45) is 0 Å². The van der Waals surface area contributed by atoms with Gasteiger partial charge in [0.05, 0.1) is 12.1 Å². The lowest BCUT2D eigenvalue weighted by atomic mass is 10.1. The lowest BCUT2D eigenvalue weighted by molar-refractivity contribution is 0.0976. The van der Waals surface area contributed by atoms with Gasteiger partial charge in [-0.2, -0.15) is 0 Å². The van der Waals surface area contributed by atoms with Crippen molar-refractivity contribution in [3.8, 4) is 0 Å². The topological polar surface area (TPSA) is 33.5 Å². The Bertz CT molecular complexity index is 345. The fourth-order valence-corrected chi connectivity index (χ4v) is 1.93. The van der Waals surface area contributed by atoms with Crippen molar-refractivity contribution in [1.29, 1.82) is 0 Å². The maximum Gasteiger partial charge on any atom is 0.170 e. The summed E-state index contributed by atoms with van der Waals surface area (Å²) < 4.78 is 6.02. The number of fused-ring (bicyclic) bond motifs is 1. The number of nitrogens with zero attached hydrogens (tertiary/aromatic N) is 1. The van der Waals surface area contributed by atoms with Gasteiger partial charge in [0, 0.05) is 19.0 Å². The Labute approximate surface area is 84.8 Å². The molecule has 2 rings (SSSR count). The van der Waals surface area contributed by atoms with Gasteiger partial charge in [0.25, 0.3) is 0 Å². The molecule has 70 valence electrons. The average molecular weight is 244 g/mol. The van der Waals surface area contributed by atoms with E-state index in [1.807, 2.05) is 7.05 Å². The molecule has 3 nitrogen and oxygen atoms in total. The first-order valence-electron chi connectivity index (χ1n) is 4.17. The molecule has 0 N–H and O–H groups in total. The van der Waals surface area contributed by atoms with Gasteiger partial charge in [0.15, 0.2) is 10.5 Å². The summed E-state index contributed by atoms with van der Waals surface area (Å²) >= 11 is 3.23. The van der Waals surface area contributed by atoms with Gasteiger partial charge in [-0.15, -0.1) is 0 Å². The second kappa shape index (κ2) is 3.27. The maximum atomic E-state index is 11.6. The lowest BCUT2D eigenvalue weighted by Gasteiger charge is -2.10. The maximum absolute atomic E-state index is 11.6. The molecule has 0 aromatic carbocycles. The van der Waals surface area contributed by atoms with Gasteiger partial charge in [-0.25, -0.2) is 0 Å². The number of ketones is 1. The Morgan fingerprint density at radius 2 is 2.38 bits per heavy atom. The van der Waals surface area contributed by atoms with E-state index in [1.165, 1.54) is 0 Å². The summed E-state index contributed by atoms with van der Waals surface area (Å²) in [5, 5.41) is 0. The Hall–Kier alpha value is -0.610. The molecule has 0 bridgehead atoms. The molecule has 1 aliphatic rings. The van der Waals surface area contributed by atoms with Crippen LogP contribution in [0.25, 0.3) is 0 Å². The first kappa shape index (κ1) is 8.97. The van der Waals surface area contributed by atoms with E-state index in [-0.39, 0.29) is 5.78 Å². The van der Waals surface area contributed by atoms with Crippen molar-refractivity contribution in [2.75, 3.05) is 13.6 Å². The third-order valence-electron chi connectivity index (χ3n) is 2.21. The first-order valence-corrected chi connectivity index (χ1v) is 4.96. The Kier molecular flexibility index (Phi) is 2.26. The molecule has 1 aromatic heterocycles. The van der Waals surface area contributed by atoms with Gasteiger partial charge >= 0.3 is 0 Å². The number of carbonyl (C=O) groups is 1. The highest BCUT2D eigenvalue weighted by molar-refractivity contribution is 9.10. The molecule has 0 saturated heterocycles. The minimum Gasteiger partial charge on any atom is -0.452 e. The van der Waals surface area contributed by atoms with Crippen LogP contribution in [0.1, 0.15) is 22.5 Å². The van der Waals surface area contributed by atoms with Crippen LogP contribution in [0.15, 0.2) is 15.2 Å². The second-order valence-electron chi connectivity index (χ2n) is 3.30. The van der Waals surface area contributed by atoms with E-state index in [0.29, 0.717) is 17.6 Å². The van der Waals surface area contributed by atoms with Crippen molar-refractivity contribution in [2.45, 2.75) is 13.0 Å². The smallest absolute Gasteiger partial charge is 0.170 e. The van der Waals surface area contributed by atoms with Crippen LogP contribution in [0, 0.1) is 0 Å². The second-order valence-corrected chi connectivity index (χ2v) is 4.08. The summed E-state index contributed by atoms with van der Waals surface area (Å²) in [5.74, 6) is 0.950. The SMILES string of the molecule is CN1CCC(=O)c2cc(Br)oc2C1. The quantitative estimate of drug-likeness (QED) is 0.700. The van der Waals surface area contributed by atoms with Crippen molar-refractivity contribution < 1.29 is 9.21 Å². The lowest BCUT2D eigenvalue weighted by Crippen LogP contribution is -2.17. The number of hydrogen-bond donors (Lipinski definition) is 0. The Balaban J connectivity index is 2.42. The third-order valence-corrected chi connectivity index (χ3v) is 2.60. The van der Waals surface area contributed by atoms with Crippen molar-refractivity contribution in [1.82, 2.24) is 4.90 Å². The van der Waals surface area contributed by atoms with Crippen LogP contribution in [0.5, 0.6) is 0 Å². The fraction of sp³-hybridized carbons (Fsp3) is 0.444. The molecule has 4 heteroatoms. The van der Waals surface area contributed by atoms with Gasteiger partial charge in [-0.05, 0) is 23.0 Å². The molecule has 0 saturated carbocycles. The van der Waals surface area contributed by atoms with Crippen LogP contribution in [0.3, 0.4) is 0 Å². The van der Waals surface area contributed by atoms with E-state index in [4.69, 9.17) is 4.42 Å². The molecule has 0 aliphatic carbocycles. The highest BCUT2D eigenvalue weighted by atomic mass is 79.9. The van der Waals surface area contributed by atoms with Gasteiger partial charge in [-0.1, -0.05) is 0 Å². The van der Waals surface area contributed by atoms with Gasteiger partial charge in [-0.3, -0.25) is 9.69 Å². The molecule has 0 amide bonds. The minimum absolute atomic E-state index is 0.175. The zero-order valence-electron chi connectivity index (χ0n) is 7.34. The van der Waals surface area contributed by atoms with E-state index in [1.54, 1.807) is 6.07 Å². The molecule has 0 radical (unpaired) electrons. The van der Waals surface area contributed by atoms with Crippen LogP contribution >= 0.6 is 15.9 Å². The normalized spacial score (nSPS) is 18.5. The predicted molar refractivity (Wildman–Crippen MR) is 51.7 cm³/mol. The zero-order chi connectivity index (χ0) is 9.42. The summed E-state index contributed by atoms with van der Waals surface area (Å²) in [7, 11) is 1.98. The summed E-state index contributed by atoms with van der Waals surface area (Å²) in [4.78, 5) is 13.6. The molecule has 0 unspecified atom stereocenters. The first-order chi connectivity index (χ1) is 6.16. The van der Waals surface area contributed by atoms with Crippen molar-refractivity contribution in [3.63, 3.8) is 0 Å². The van der Waals surface area contributed by atoms with E-state index in [0.717, 1.165) is 17.9 Å². The van der Waals surface area contributed by atoms with Crippen molar-refractivity contribution >= 4 is 21.7 Å². The van der Waals surface area contributed by atoms with E-state index < -0.39 is 0 Å². The molecule has 13 heavy (non-hydrogen) atoms. The zero-order valence-corrected chi connectivity index (χ0v) is 8.93. The number of hydrogen-bond acceptors (Lipinski definition) is 3. The predicted octanol–water partition coefficient (Wildman–Crippen LogP) is 2.06.